The van der Waals surface area contributed by atoms with E-state index < -0.39 is 41.5 Å². The van der Waals surface area contributed by atoms with Gasteiger partial charge in [-0.05, 0) is 30.5 Å². The van der Waals surface area contributed by atoms with E-state index in [1.165, 1.54) is 0 Å². The molecule has 1 N–H and O–H groups in total. The molecule has 0 spiro atoms. The second-order valence-electron chi connectivity index (χ2n) is 7.51. The van der Waals surface area contributed by atoms with E-state index >= 15 is 0 Å². The average molecular weight is 446 g/mol. The van der Waals surface area contributed by atoms with Gasteiger partial charge in [0.1, 0.15) is 11.6 Å². The molecular formula is C19H16F6N4O2. The largest absolute Gasteiger partial charge is 0.431 e. The first-order valence-electron chi connectivity index (χ1n) is 9.31. The molecule has 2 aliphatic rings. The number of pyridine rings is 2. The number of anilines is 2. The maximum absolute atomic E-state index is 13.6. The van der Waals surface area contributed by atoms with E-state index in [4.69, 9.17) is 0 Å². The minimum absolute atomic E-state index is 0.0176. The lowest BCUT2D eigenvalue weighted by Crippen LogP contribution is -2.34. The molecule has 0 aliphatic carbocycles. The van der Waals surface area contributed by atoms with Gasteiger partial charge in [0.2, 0.25) is 6.10 Å². The van der Waals surface area contributed by atoms with Gasteiger partial charge in [-0.3, -0.25) is 5.32 Å². The van der Waals surface area contributed by atoms with Crippen LogP contribution in [0.15, 0.2) is 24.4 Å². The highest BCUT2D eigenvalue weighted by molar-refractivity contribution is 5.89. The number of nitrogens with zero attached hydrogens (tertiary/aromatic N) is 3. The fourth-order valence-electron chi connectivity index (χ4n) is 3.71. The third kappa shape index (κ3) is 4.10. The molecule has 0 saturated carbocycles. The van der Waals surface area contributed by atoms with Gasteiger partial charge in [-0.25, -0.2) is 14.8 Å². The predicted octanol–water partition coefficient (Wildman–Crippen LogP) is 5.17. The lowest BCUT2D eigenvalue weighted by Gasteiger charge is -2.29. The third-order valence-corrected chi connectivity index (χ3v) is 5.16. The van der Waals surface area contributed by atoms with E-state index in [0.29, 0.717) is 19.2 Å². The van der Waals surface area contributed by atoms with Gasteiger partial charge >= 0.3 is 18.4 Å². The molecule has 2 aliphatic heterocycles. The third-order valence-electron chi connectivity index (χ3n) is 5.16. The molecule has 1 unspecified atom stereocenters. The summed E-state index contributed by atoms with van der Waals surface area (Å²) in [5.41, 5.74) is -2.21. The maximum Gasteiger partial charge on any atom is 0.430 e. The fourth-order valence-corrected chi connectivity index (χ4v) is 3.71. The van der Waals surface area contributed by atoms with Crippen molar-refractivity contribution in [2.45, 2.75) is 31.8 Å². The Bertz CT molecular complexity index is 1020. The van der Waals surface area contributed by atoms with Gasteiger partial charge < -0.3 is 9.64 Å². The van der Waals surface area contributed by atoms with Crippen LogP contribution in [0.5, 0.6) is 0 Å². The number of halogens is 6. The molecule has 2 atom stereocenters. The highest BCUT2D eigenvalue weighted by atomic mass is 19.4. The average Bonchev–Trinajstić information content (AvgIpc) is 3.11. The van der Waals surface area contributed by atoms with Gasteiger partial charge in [-0.15, -0.1) is 0 Å². The van der Waals surface area contributed by atoms with Crippen molar-refractivity contribution < 1.29 is 35.9 Å². The van der Waals surface area contributed by atoms with Gasteiger partial charge in [0.25, 0.3) is 0 Å². The van der Waals surface area contributed by atoms with Crippen LogP contribution in [-0.4, -0.2) is 35.3 Å². The maximum atomic E-state index is 13.6. The van der Waals surface area contributed by atoms with Gasteiger partial charge in [-0.2, -0.15) is 26.3 Å². The van der Waals surface area contributed by atoms with E-state index in [1.54, 1.807) is 4.90 Å². The van der Waals surface area contributed by atoms with Crippen molar-refractivity contribution in [1.82, 2.24) is 9.97 Å². The molecule has 2 aromatic heterocycles. The Hall–Kier alpha value is -3.05. The lowest BCUT2D eigenvalue weighted by atomic mass is 9.98. The van der Waals surface area contributed by atoms with E-state index in [9.17, 15) is 31.1 Å². The molecule has 166 valence electrons. The van der Waals surface area contributed by atoms with Crippen LogP contribution in [0, 0.1) is 5.92 Å². The Labute approximate surface area is 172 Å². The number of aromatic nitrogens is 2. The SMILES string of the molecule is C[C@@H]1CCN(c2cc(C(F)(F)F)cc(-c3ccnc4c3C(C(F)(F)F)OC(=O)N4)n2)C1. The number of amides is 1. The molecule has 0 aromatic carbocycles. The molecule has 2 aromatic rings. The number of carbonyl (C=O) groups excluding carboxylic acids is 1. The number of alkyl halides is 6. The summed E-state index contributed by atoms with van der Waals surface area (Å²) in [5.74, 6) is -0.178. The second-order valence-corrected chi connectivity index (χ2v) is 7.51. The zero-order chi connectivity index (χ0) is 22.6. The number of hydrogen-bond acceptors (Lipinski definition) is 5. The molecule has 4 heterocycles. The van der Waals surface area contributed by atoms with Crippen molar-refractivity contribution >= 4 is 17.7 Å². The van der Waals surface area contributed by atoms with Crippen LogP contribution in [0.3, 0.4) is 0 Å². The number of ether oxygens (including phenoxy) is 1. The van der Waals surface area contributed by atoms with Crippen molar-refractivity contribution in [3.63, 3.8) is 0 Å². The monoisotopic (exact) mass is 446 g/mol. The topological polar surface area (TPSA) is 67.4 Å². The molecule has 0 radical (unpaired) electrons. The number of hydrogen-bond donors (Lipinski definition) is 1. The van der Waals surface area contributed by atoms with Crippen LogP contribution in [0.25, 0.3) is 11.3 Å². The molecule has 1 saturated heterocycles. The molecule has 1 amide bonds. The van der Waals surface area contributed by atoms with Crippen molar-refractivity contribution in [1.29, 1.82) is 0 Å². The van der Waals surface area contributed by atoms with E-state index in [-0.39, 0.29) is 23.0 Å². The Balaban J connectivity index is 1.91. The van der Waals surface area contributed by atoms with Crippen LogP contribution in [0.4, 0.5) is 42.8 Å². The number of cyclic esters (lactones) is 1. The fraction of sp³-hybridized carbons (Fsp3) is 0.421. The zero-order valence-corrected chi connectivity index (χ0v) is 16.0. The molecule has 1 fully saturated rings. The van der Waals surface area contributed by atoms with Gasteiger partial charge in [0, 0.05) is 24.8 Å². The Morgan fingerprint density at radius 3 is 2.55 bits per heavy atom. The lowest BCUT2D eigenvalue weighted by molar-refractivity contribution is -0.206. The van der Waals surface area contributed by atoms with Crippen LogP contribution >= 0.6 is 0 Å². The second kappa shape index (κ2) is 7.27. The standard InChI is InChI=1S/C19H16F6N4O2/c1-9-3-5-29(8-9)13-7-10(18(20,21)22)6-12(27-13)11-2-4-26-16-14(11)15(19(23,24)25)31-17(30)28-16/h2,4,6-7,9,15H,3,5,8H2,1H3,(H,26,28,30)/t9-,15?/m1/s1. The molecule has 12 heteroatoms. The van der Waals surface area contributed by atoms with Gasteiger partial charge in [0.15, 0.2) is 0 Å². The highest BCUT2D eigenvalue weighted by Gasteiger charge is 2.49. The predicted molar refractivity (Wildman–Crippen MR) is 97.4 cm³/mol. The summed E-state index contributed by atoms with van der Waals surface area (Å²) in [5, 5.41) is 2.06. The van der Waals surface area contributed by atoms with Gasteiger partial charge in [0.05, 0.1) is 16.8 Å². The Morgan fingerprint density at radius 2 is 1.94 bits per heavy atom. The zero-order valence-electron chi connectivity index (χ0n) is 16.0. The summed E-state index contributed by atoms with van der Waals surface area (Å²) in [4.78, 5) is 21.2. The molecule has 31 heavy (non-hydrogen) atoms. The van der Waals surface area contributed by atoms with Crippen LogP contribution in [-0.2, 0) is 10.9 Å². The van der Waals surface area contributed by atoms with Crippen LogP contribution < -0.4 is 10.2 Å². The first-order valence-corrected chi connectivity index (χ1v) is 9.31. The van der Waals surface area contributed by atoms with E-state index in [1.807, 2.05) is 6.92 Å². The summed E-state index contributed by atoms with van der Waals surface area (Å²) >= 11 is 0. The van der Waals surface area contributed by atoms with Crippen LogP contribution in [0.2, 0.25) is 0 Å². The highest BCUT2D eigenvalue weighted by Crippen LogP contribution is 2.46. The smallest absolute Gasteiger partial charge is 0.430 e. The van der Waals surface area contributed by atoms with Crippen LogP contribution in [0.1, 0.15) is 30.6 Å². The Kier molecular flexibility index (Phi) is 4.97. The summed E-state index contributed by atoms with van der Waals surface area (Å²) in [6.07, 6.45) is -11.9. The van der Waals surface area contributed by atoms with Crippen molar-refractivity contribution in [2.75, 3.05) is 23.3 Å². The van der Waals surface area contributed by atoms with Crippen molar-refractivity contribution in [3.05, 3.63) is 35.5 Å². The minimum Gasteiger partial charge on any atom is -0.431 e. The van der Waals surface area contributed by atoms with Crippen molar-refractivity contribution in [2.24, 2.45) is 5.92 Å². The first-order chi connectivity index (χ1) is 14.4. The normalized spacial score (nSPS) is 21.5. The van der Waals surface area contributed by atoms with E-state index in [0.717, 1.165) is 24.8 Å². The summed E-state index contributed by atoms with van der Waals surface area (Å²) in [6.45, 7) is 2.90. The number of rotatable bonds is 2. The summed E-state index contributed by atoms with van der Waals surface area (Å²) in [7, 11) is 0. The van der Waals surface area contributed by atoms with Gasteiger partial charge in [-0.1, -0.05) is 6.92 Å². The molecular weight excluding hydrogens is 430 g/mol. The van der Waals surface area contributed by atoms with Crippen molar-refractivity contribution in [3.8, 4) is 11.3 Å². The molecule has 0 bridgehead atoms. The number of carbonyl (C=O) groups is 1. The number of nitrogens with one attached hydrogen (secondary N) is 1. The summed E-state index contributed by atoms with van der Waals surface area (Å²) in [6, 6.07) is 2.69. The molecule has 4 rings (SSSR count). The first kappa shape index (κ1) is 21.2. The minimum atomic E-state index is -5.00. The summed E-state index contributed by atoms with van der Waals surface area (Å²) < 4.78 is 85.8. The number of fused-ring (bicyclic) bond motifs is 1. The Morgan fingerprint density at radius 1 is 1.19 bits per heavy atom. The quantitative estimate of drug-likeness (QED) is 0.645. The van der Waals surface area contributed by atoms with E-state index in [2.05, 4.69) is 20.0 Å². The molecule has 6 nitrogen and oxygen atoms in total.